The van der Waals surface area contributed by atoms with Gasteiger partial charge in [-0.05, 0) is 55.9 Å². The molecule has 160 valence electrons. The lowest BCUT2D eigenvalue weighted by molar-refractivity contribution is 0.262. The molecule has 1 aliphatic rings. The summed E-state index contributed by atoms with van der Waals surface area (Å²) in [6.07, 6.45) is 0. The molecule has 2 amide bonds. The molecular formula is C23H25ClN6O. The first kappa shape index (κ1) is 21.1. The molecule has 0 saturated carbocycles. The molecule has 0 spiro atoms. The molecule has 1 aliphatic heterocycles. The molecule has 0 aliphatic carbocycles. The van der Waals surface area contributed by atoms with E-state index in [0.717, 1.165) is 48.8 Å². The van der Waals surface area contributed by atoms with Crippen molar-refractivity contribution in [3.63, 3.8) is 0 Å². The van der Waals surface area contributed by atoms with Gasteiger partial charge in [0, 0.05) is 48.1 Å². The summed E-state index contributed by atoms with van der Waals surface area (Å²) in [5.41, 5.74) is 3.92. The standard InChI is InChI=1S/C23H25ClN6O/c1-16-19(24)4-3-5-20(16)26-23(31)25-18-8-6-17(7-9-18)21-10-11-22(28-27-21)30-14-12-29(2)13-15-30/h3-11H,12-15H2,1-2H3,(H2,25,26,31). The van der Waals surface area contributed by atoms with Crippen molar-refractivity contribution in [2.75, 3.05) is 48.8 Å². The number of aromatic nitrogens is 2. The van der Waals surface area contributed by atoms with Gasteiger partial charge in [0.05, 0.1) is 5.69 Å². The third kappa shape index (κ3) is 5.13. The monoisotopic (exact) mass is 436 g/mol. The SMILES string of the molecule is Cc1c(Cl)cccc1NC(=O)Nc1ccc(-c2ccc(N3CCN(C)CC3)nn2)cc1. The van der Waals surface area contributed by atoms with Crippen molar-refractivity contribution in [1.82, 2.24) is 15.1 Å². The highest BCUT2D eigenvalue weighted by Crippen LogP contribution is 2.24. The predicted molar refractivity (Wildman–Crippen MR) is 126 cm³/mol. The van der Waals surface area contributed by atoms with Gasteiger partial charge in [-0.2, -0.15) is 0 Å². The Hall–Kier alpha value is -3.16. The summed E-state index contributed by atoms with van der Waals surface area (Å²) < 4.78 is 0. The molecule has 31 heavy (non-hydrogen) atoms. The second-order valence-corrected chi connectivity index (χ2v) is 8.04. The van der Waals surface area contributed by atoms with Crippen LogP contribution in [0.5, 0.6) is 0 Å². The number of amides is 2. The first-order chi connectivity index (χ1) is 15.0. The molecule has 8 heteroatoms. The summed E-state index contributed by atoms with van der Waals surface area (Å²) in [6, 6.07) is 16.6. The third-order valence-electron chi connectivity index (χ3n) is 5.43. The van der Waals surface area contributed by atoms with Crippen LogP contribution in [0.25, 0.3) is 11.3 Å². The Bertz CT molecular complexity index is 1050. The summed E-state index contributed by atoms with van der Waals surface area (Å²) in [7, 11) is 2.13. The number of likely N-dealkylation sites (N-methyl/N-ethyl adjacent to an activating group) is 1. The Labute approximate surface area is 187 Å². The van der Waals surface area contributed by atoms with Gasteiger partial charge in [-0.25, -0.2) is 4.79 Å². The Balaban J connectivity index is 1.37. The van der Waals surface area contributed by atoms with E-state index in [1.165, 1.54) is 0 Å². The molecule has 1 aromatic heterocycles. The second-order valence-electron chi connectivity index (χ2n) is 7.64. The lowest BCUT2D eigenvalue weighted by atomic mass is 10.1. The Morgan fingerprint density at radius 1 is 0.935 bits per heavy atom. The molecule has 2 aromatic carbocycles. The highest BCUT2D eigenvalue weighted by atomic mass is 35.5. The number of urea groups is 1. The van der Waals surface area contributed by atoms with Crippen molar-refractivity contribution in [1.29, 1.82) is 0 Å². The van der Waals surface area contributed by atoms with E-state index >= 15 is 0 Å². The summed E-state index contributed by atoms with van der Waals surface area (Å²) in [4.78, 5) is 16.9. The zero-order chi connectivity index (χ0) is 21.8. The number of hydrogen-bond acceptors (Lipinski definition) is 5. The van der Waals surface area contributed by atoms with Crippen LogP contribution in [0.1, 0.15) is 5.56 Å². The number of anilines is 3. The maximum atomic E-state index is 12.3. The van der Waals surface area contributed by atoms with Gasteiger partial charge in [0.2, 0.25) is 0 Å². The lowest BCUT2D eigenvalue weighted by Gasteiger charge is -2.32. The van der Waals surface area contributed by atoms with Gasteiger partial charge in [-0.15, -0.1) is 10.2 Å². The van der Waals surface area contributed by atoms with Crippen LogP contribution in [0.4, 0.5) is 22.0 Å². The van der Waals surface area contributed by atoms with E-state index in [1.54, 1.807) is 12.1 Å². The number of benzene rings is 2. The fourth-order valence-corrected chi connectivity index (χ4v) is 3.61. The van der Waals surface area contributed by atoms with E-state index in [1.807, 2.05) is 49.4 Å². The minimum atomic E-state index is -0.325. The van der Waals surface area contributed by atoms with Crippen molar-refractivity contribution >= 4 is 34.8 Å². The fourth-order valence-electron chi connectivity index (χ4n) is 3.44. The minimum Gasteiger partial charge on any atom is -0.353 e. The number of halogens is 1. The number of carbonyl (C=O) groups is 1. The van der Waals surface area contributed by atoms with Gasteiger partial charge in [0.25, 0.3) is 0 Å². The Kier molecular flexibility index (Phi) is 6.34. The zero-order valence-corrected chi connectivity index (χ0v) is 18.4. The molecule has 0 unspecified atom stereocenters. The summed E-state index contributed by atoms with van der Waals surface area (Å²) in [5, 5.41) is 15.1. The van der Waals surface area contributed by atoms with Crippen LogP contribution in [0.3, 0.4) is 0 Å². The van der Waals surface area contributed by atoms with Crippen molar-refractivity contribution in [2.45, 2.75) is 6.92 Å². The van der Waals surface area contributed by atoms with Crippen molar-refractivity contribution in [3.8, 4) is 11.3 Å². The van der Waals surface area contributed by atoms with Gasteiger partial charge in [-0.1, -0.05) is 29.8 Å². The van der Waals surface area contributed by atoms with Crippen LogP contribution in [-0.2, 0) is 0 Å². The van der Waals surface area contributed by atoms with Crippen molar-refractivity contribution in [2.24, 2.45) is 0 Å². The fraction of sp³-hybridized carbons (Fsp3) is 0.261. The highest BCUT2D eigenvalue weighted by molar-refractivity contribution is 6.31. The van der Waals surface area contributed by atoms with Gasteiger partial charge < -0.3 is 20.4 Å². The molecule has 4 rings (SSSR count). The Morgan fingerprint density at radius 2 is 1.68 bits per heavy atom. The average molecular weight is 437 g/mol. The quantitative estimate of drug-likeness (QED) is 0.629. The summed E-state index contributed by atoms with van der Waals surface area (Å²) in [6.45, 7) is 5.84. The van der Waals surface area contributed by atoms with Gasteiger partial charge in [0.1, 0.15) is 0 Å². The van der Waals surface area contributed by atoms with E-state index < -0.39 is 0 Å². The number of nitrogens with one attached hydrogen (secondary N) is 2. The molecule has 0 bridgehead atoms. The van der Waals surface area contributed by atoms with Gasteiger partial charge in [-0.3, -0.25) is 0 Å². The van der Waals surface area contributed by atoms with Crippen LogP contribution >= 0.6 is 11.6 Å². The predicted octanol–water partition coefficient (Wildman–Crippen LogP) is 4.50. The molecule has 3 aromatic rings. The largest absolute Gasteiger partial charge is 0.353 e. The normalized spacial score (nSPS) is 14.4. The van der Waals surface area contributed by atoms with E-state index in [-0.39, 0.29) is 6.03 Å². The molecular weight excluding hydrogens is 412 g/mol. The zero-order valence-electron chi connectivity index (χ0n) is 17.6. The molecule has 1 saturated heterocycles. The topological polar surface area (TPSA) is 73.4 Å². The van der Waals surface area contributed by atoms with E-state index in [0.29, 0.717) is 16.4 Å². The Morgan fingerprint density at radius 3 is 2.35 bits per heavy atom. The number of rotatable bonds is 4. The second kappa shape index (κ2) is 9.32. The molecule has 1 fully saturated rings. The number of hydrogen-bond donors (Lipinski definition) is 2. The van der Waals surface area contributed by atoms with Gasteiger partial charge in [0.15, 0.2) is 5.82 Å². The first-order valence-corrected chi connectivity index (χ1v) is 10.6. The number of nitrogens with zero attached hydrogens (tertiary/aromatic N) is 4. The summed E-state index contributed by atoms with van der Waals surface area (Å²) >= 11 is 6.11. The smallest absolute Gasteiger partial charge is 0.323 e. The van der Waals surface area contributed by atoms with Gasteiger partial charge >= 0.3 is 6.03 Å². The average Bonchev–Trinajstić information content (AvgIpc) is 2.78. The maximum Gasteiger partial charge on any atom is 0.323 e. The molecule has 2 heterocycles. The minimum absolute atomic E-state index is 0.325. The van der Waals surface area contributed by atoms with Crippen LogP contribution in [0, 0.1) is 6.92 Å². The molecule has 2 N–H and O–H groups in total. The number of piperazine rings is 1. The maximum absolute atomic E-state index is 12.3. The molecule has 7 nitrogen and oxygen atoms in total. The van der Waals surface area contributed by atoms with E-state index in [2.05, 4.69) is 37.7 Å². The number of carbonyl (C=O) groups excluding carboxylic acids is 1. The first-order valence-electron chi connectivity index (χ1n) is 10.2. The van der Waals surface area contributed by atoms with Crippen LogP contribution < -0.4 is 15.5 Å². The molecule has 0 radical (unpaired) electrons. The van der Waals surface area contributed by atoms with Crippen LogP contribution in [0.2, 0.25) is 5.02 Å². The summed E-state index contributed by atoms with van der Waals surface area (Å²) in [5.74, 6) is 0.906. The van der Waals surface area contributed by atoms with E-state index in [4.69, 9.17) is 11.6 Å². The van der Waals surface area contributed by atoms with Crippen molar-refractivity contribution < 1.29 is 4.79 Å². The van der Waals surface area contributed by atoms with Crippen LogP contribution in [0.15, 0.2) is 54.6 Å². The van der Waals surface area contributed by atoms with E-state index in [9.17, 15) is 4.79 Å². The lowest BCUT2D eigenvalue weighted by Crippen LogP contribution is -2.44. The van der Waals surface area contributed by atoms with Crippen LogP contribution in [-0.4, -0.2) is 54.4 Å². The van der Waals surface area contributed by atoms with Crippen molar-refractivity contribution in [3.05, 3.63) is 65.2 Å². The third-order valence-corrected chi connectivity index (χ3v) is 5.84. The molecule has 0 atom stereocenters. The highest BCUT2D eigenvalue weighted by Gasteiger charge is 2.15.